The van der Waals surface area contributed by atoms with Crippen molar-refractivity contribution >= 4 is 29.9 Å². The van der Waals surface area contributed by atoms with Crippen molar-refractivity contribution in [3.05, 3.63) is 22.7 Å². The summed E-state index contributed by atoms with van der Waals surface area (Å²) in [5.74, 6) is 0. The van der Waals surface area contributed by atoms with E-state index in [2.05, 4.69) is 5.32 Å². The number of halogens is 1. The predicted octanol–water partition coefficient (Wildman–Crippen LogP) is 1.91. The van der Waals surface area contributed by atoms with Crippen molar-refractivity contribution < 1.29 is 9.68 Å². The van der Waals surface area contributed by atoms with Gasteiger partial charge in [0, 0.05) is 6.04 Å². The number of nitrogens with one attached hydrogen (secondary N) is 1. The lowest BCUT2D eigenvalue weighted by Crippen LogP contribution is -2.29. The molecule has 17 heavy (non-hydrogen) atoms. The Kier molecular flexibility index (Phi) is 3.03. The summed E-state index contributed by atoms with van der Waals surface area (Å²) in [6, 6.07) is 4.34. The van der Waals surface area contributed by atoms with E-state index >= 15 is 0 Å². The van der Waals surface area contributed by atoms with E-state index in [1.807, 2.05) is 12.1 Å². The summed E-state index contributed by atoms with van der Waals surface area (Å²) in [6.07, 6.45) is 4.97. The zero-order valence-corrected chi connectivity index (χ0v) is 10.3. The molecule has 0 spiro atoms. The van der Waals surface area contributed by atoms with E-state index in [9.17, 15) is 5.02 Å². The number of fused-ring (bicyclic) bond motifs is 1. The van der Waals surface area contributed by atoms with Crippen LogP contribution in [-0.2, 0) is 11.3 Å². The van der Waals surface area contributed by atoms with Crippen LogP contribution in [0.3, 0.4) is 0 Å². The minimum atomic E-state index is -0.800. The molecule has 0 aromatic heterocycles. The maximum atomic E-state index is 9.66. The Morgan fingerprint density at radius 1 is 1.35 bits per heavy atom. The Morgan fingerprint density at radius 3 is 2.88 bits per heavy atom. The zero-order valence-electron chi connectivity index (χ0n) is 9.58. The Bertz CT molecular complexity index is 435. The molecule has 90 valence electrons. The van der Waals surface area contributed by atoms with Crippen molar-refractivity contribution in [1.29, 1.82) is 0 Å². The Balaban J connectivity index is 1.86. The summed E-state index contributed by atoms with van der Waals surface area (Å²) in [7, 11) is -0.800. The summed E-state index contributed by atoms with van der Waals surface area (Å²) in [5, 5.41) is 13.8. The first-order valence-electron chi connectivity index (χ1n) is 6.12. The van der Waals surface area contributed by atoms with Crippen LogP contribution in [0.5, 0.6) is 0 Å². The van der Waals surface area contributed by atoms with Gasteiger partial charge in [0.1, 0.15) is 0 Å². The smallest absolute Gasteiger partial charge is 0.423 e. The van der Waals surface area contributed by atoms with Crippen LogP contribution >= 0.6 is 11.6 Å². The summed E-state index contributed by atoms with van der Waals surface area (Å²) < 4.78 is 5.17. The highest BCUT2D eigenvalue weighted by Gasteiger charge is 2.28. The van der Waals surface area contributed by atoms with E-state index < -0.39 is 7.12 Å². The third-order valence-electron chi connectivity index (χ3n) is 3.61. The van der Waals surface area contributed by atoms with Gasteiger partial charge < -0.3 is 15.0 Å². The molecule has 0 unspecified atom stereocenters. The number of anilines is 1. The molecular formula is C12H15BClNO2. The minimum absolute atomic E-state index is 0.444. The molecule has 0 atom stereocenters. The van der Waals surface area contributed by atoms with E-state index in [0.29, 0.717) is 17.7 Å². The van der Waals surface area contributed by atoms with Gasteiger partial charge in [0.2, 0.25) is 0 Å². The molecule has 5 heteroatoms. The molecule has 0 radical (unpaired) electrons. The predicted molar refractivity (Wildman–Crippen MR) is 69.7 cm³/mol. The average Bonchev–Trinajstić information content (AvgIpc) is 2.92. The summed E-state index contributed by atoms with van der Waals surface area (Å²) in [5.41, 5.74) is 2.75. The van der Waals surface area contributed by atoms with E-state index in [1.165, 1.54) is 25.7 Å². The molecule has 1 heterocycles. The van der Waals surface area contributed by atoms with Crippen LogP contribution in [0.15, 0.2) is 12.1 Å². The normalized spacial score (nSPS) is 19.8. The van der Waals surface area contributed by atoms with Gasteiger partial charge in [-0.2, -0.15) is 0 Å². The Morgan fingerprint density at radius 2 is 2.12 bits per heavy atom. The van der Waals surface area contributed by atoms with E-state index in [1.54, 1.807) is 0 Å². The fraction of sp³-hybridized carbons (Fsp3) is 0.500. The number of rotatable bonds is 2. The molecule has 1 saturated carbocycles. The Hall–Kier alpha value is -0.705. The molecule has 3 nitrogen and oxygen atoms in total. The van der Waals surface area contributed by atoms with Gasteiger partial charge in [0.05, 0.1) is 17.3 Å². The molecular weight excluding hydrogens is 236 g/mol. The second-order valence-electron chi connectivity index (χ2n) is 4.82. The Labute approximate surface area is 106 Å². The van der Waals surface area contributed by atoms with Crippen LogP contribution in [0.25, 0.3) is 0 Å². The van der Waals surface area contributed by atoms with Gasteiger partial charge in [-0.1, -0.05) is 24.4 Å². The third kappa shape index (κ3) is 2.17. The molecule has 1 fully saturated rings. The van der Waals surface area contributed by atoms with Gasteiger partial charge in [0.15, 0.2) is 0 Å². The molecule has 1 aliphatic carbocycles. The first kappa shape index (κ1) is 11.4. The lowest BCUT2D eigenvalue weighted by molar-refractivity contribution is 0.275. The molecule has 0 bridgehead atoms. The van der Waals surface area contributed by atoms with Gasteiger partial charge in [-0.05, 0) is 36.0 Å². The highest BCUT2D eigenvalue weighted by Crippen LogP contribution is 2.28. The van der Waals surface area contributed by atoms with Crippen molar-refractivity contribution in [1.82, 2.24) is 0 Å². The van der Waals surface area contributed by atoms with Crippen LogP contribution in [0.4, 0.5) is 5.69 Å². The maximum Gasteiger partial charge on any atom is 0.491 e. The molecule has 3 rings (SSSR count). The highest BCUT2D eigenvalue weighted by molar-refractivity contribution is 6.61. The van der Waals surface area contributed by atoms with Crippen molar-refractivity contribution in [3.63, 3.8) is 0 Å². The first-order valence-corrected chi connectivity index (χ1v) is 6.50. The summed E-state index contributed by atoms with van der Waals surface area (Å²) in [6.45, 7) is 0.444. The van der Waals surface area contributed by atoms with Crippen LogP contribution in [0, 0.1) is 0 Å². The van der Waals surface area contributed by atoms with Crippen molar-refractivity contribution in [3.8, 4) is 0 Å². The third-order valence-corrected chi connectivity index (χ3v) is 3.92. The average molecular weight is 252 g/mol. The lowest BCUT2D eigenvalue weighted by atomic mass is 9.79. The number of hydrogen-bond acceptors (Lipinski definition) is 3. The molecule has 0 amide bonds. The van der Waals surface area contributed by atoms with Crippen LogP contribution < -0.4 is 10.8 Å². The van der Waals surface area contributed by atoms with Gasteiger partial charge in [-0.15, -0.1) is 0 Å². The SMILES string of the molecule is OB1OCc2cc(Cl)c(NC3CCCC3)cc21. The fourth-order valence-electron chi connectivity index (χ4n) is 2.65. The van der Waals surface area contributed by atoms with E-state index in [0.717, 1.165) is 16.7 Å². The first-order chi connectivity index (χ1) is 8.24. The molecule has 1 aliphatic heterocycles. The van der Waals surface area contributed by atoms with Crippen molar-refractivity contribution in [2.75, 3.05) is 5.32 Å². The topological polar surface area (TPSA) is 41.5 Å². The molecule has 0 saturated heterocycles. The second kappa shape index (κ2) is 4.52. The monoisotopic (exact) mass is 251 g/mol. The van der Waals surface area contributed by atoms with Gasteiger partial charge in [0.25, 0.3) is 0 Å². The van der Waals surface area contributed by atoms with E-state index in [4.69, 9.17) is 16.3 Å². The quantitative estimate of drug-likeness (QED) is 0.789. The second-order valence-corrected chi connectivity index (χ2v) is 5.23. The minimum Gasteiger partial charge on any atom is -0.423 e. The largest absolute Gasteiger partial charge is 0.491 e. The molecule has 1 aromatic rings. The van der Waals surface area contributed by atoms with E-state index in [-0.39, 0.29) is 0 Å². The molecule has 2 aliphatic rings. The number of benzene rings is 1. The maximum absolute atomic E-state index is 9.66. The van der Waals surface area contributed by atoms with Crippen LogP contribution in [0.2, 0.25) is 5.02 Å². The molecule has 1 aromatic carbocycles. The standard InChI is InChI=1S/C12H15BClNO2/c14-11-5-8-7-17-13(16)10(8)6-12(11)15-9-3-1-2-4-9/h5-6,9,15-16H,1-4,7H2. The van der Waals surface area contributed by atoms with Crippen LogP contribution in [0.1, 0.15) is 31.2 Å². The van der Waals surface area contributed by atoms with Crippen LogP contribution in [-0.4, -0.2) is 18.2 Å². The zero-order chi connectivity index (χ0) is 11.8. The lowest BCUT2D eigenvalue weighted by Gasteiger charge is -2.16. The van der Waals surface area contributed by atoms with Gasteiger partial charge >= 0.3 is 7.12 Å². The summed E-state index contributed by atoms with van der Waals surface area (Å²) in [4.78, 5) is 0. The van der Waals surface area contributed by atoms with Gasteiger partial charge in [-0.25, -0.2) is 0 Å². The molecule has 2 N–H and O–H groups in total. The summed E-state index contributed by atoms with van der Waals surface area (Å²) >= 11 is 6.23. The number of hydrogen-bond donors (Lipinski definition) is 2. The fourth-order valence-corrected chi connectivity index (χ4v) is 2.89. The van der Waals surface area contributed by atoms with Gasteiger partial charge in [-0.3, -0.25) is 0 Å². The van der Waals surface area contributed by atoms with Crippen molar-refractivity contribution in [2.45, 2.75) is 38.3 Å². The van der Waals surface area contributed by atoms with Crippen molar-refractivity contribution in [2.24, 2.45) is 0 Å². The highest BCUT2D eigenvalue weighted by atomic mass is 35.5.